The number of rotatable bonds is 3. The lowest BCUT2D eigenvalue weighted by Gasteiger charge is -2.27. The molecule has 2 atom stereocenters. The summed E-state index contributed by atoms with van der Waals surface area (Å²) in [5.41, 5.74) is 2.14. The average molecular weight is 343 g/mol. The molecule has 3 rings (SSSR count). The Kier molecular flexibility index (Phi) is 4.01. The molecular formula is C18H17NO4S. The number of para-hydroxylation sites is 1. The van der Waals surface area contributed by atoms with Crippen molar-refractivity contribution >= 4 is 27.2 Å². The van der Waals surface area contributed by atoms with Crippen LogP contribution in [0.25, 0.3) is 0 Å². The maximum atomic E-state index is 12.5. The van der Waals surface area contributed by atoms with Gasteiger partial charge in [0.2, 0.25) is 5.78 Å². The summed E-state index contributed by atoms with van der Waals surface area (Å²) in [4.78, 5) is 26.2. The summed E-state index contributed by atoms with van der Waals surface area (Å²) in [6.07, 6.45) is 0.999. The van der Waals surface area contributed by atoms with E-state index in [1.165, 1.54) is 4.90 Å². The van der Waals surface area contributed by atoms with Crippen LogP contribution in [0, 0.1) is 6.92 Å². The van der Waals surface area contributed by atoms with Crippen molar-refractivity contribution in [1.82, 2.24) is 0 Å². The van der Waals surface area contributed by atoms with Crippen LogP contribution in [-0.4, -0.2) is 31.6 Å². The Morgan fingerprint density at radius 1 is 0.917 bits per heavy atom. The second kappa shape index (κ2) is 5.87. The molecule has 1 heterocycles. The topological polar surface area (TPSA) is 71.5 Å². The minimum absolute atomic E-state index is 0.507. The number of carbonyl (C=O) groups excluding carboxylic acids is 2. The van der Waals surface area contributed by atoms with Gasteiger partial charge in [0, 0.05) is 11.9 Å². The third-order valence-corrected chi connectivity index (χ3v) is 5.56. The van der Waals surface area contributed by atoms with Gasteiger partial charge in [0.25, 0.3) is 5.91 Å². The van der Waals surface area contributed by atoms with Crippen molar-refractivity contribution in [2.45, 2.75) is 18.2 Å². The lowest BCUT2D eigenvalue weighted by Crippen LogP contribution is -2.33. The predicted molar refractivity (Wildman–Crippen MR) is 91.5 cm³/mol. The van der Waals surface area contributed by atoms with Crippen molar-refractivity contribution in [2.24, 2.45) is 0 Å². The number of carbonyl (C=O) groups is 2. The van der Waals surface area contributed by atoms with Crippen LogP contribution in [0.5, 0.6) is 0 Å². The fraction of sp³-hybridized carbons (Fsp3) is 0.222. The number of hydrogen-bond acceptors (Lipinski definition) is 4. The number of ketones is 1. The van der Waals surface area contributed by atoms with E-state index in [0.29, 0.717) is 11.3 Å². The Morgan fingerprint density at radius 2 is 1.50 bits per heavy atom. The standard InChI is InChI=1S/C18H17NO4S/c1-12-8-10-13(11-9-12)15-17(24(2,22)23)16(20)18(21)19(15)14-6-4-3-5-7-14/h3-11,15,17H,1-2H3/t15-,17+/m0/s1. The summed E-state index contributed by atoms with van der Waals surface area (Å²) in [5.74, 6) is -1.67. The minimum atomic E-state index is -3.75. The highest BCUT2D eigenvalue weighted by Crippen LogP contribution is 2.38. The third kappa shape index (κ3) is 2.73. The summed E-state index contributed by atoms with van der Waals surface area (Å²) in [5, 5.41) is -1.40. The summed E-state index contributed by atoms with van der Waals surface area (Å²) >= 11 is 0. The van der Waals surface area contributed by atoms with E-state index in [1.54, 1.807) is 42.5 Å². The van der Waals surface area contributed by atoms with Gasteiger partial charge in [-0.2, -0.15) is 0 Å². The maximum Gasteiger partial charge on any atom is 0.296 e. The number of aryl methyl sites for hydroxylation is 1. The number of anilines is 1. The zero-order chi connectivity index (χ0) is 17.5. The Labute approximate surface area is 140 Å². The molecule has 0 aromatic heterocycles. The third-order valence-electron chi connectivity index (χ3n) is 4.17. The van der Waals surface area contributed by atoms with Crippen LogP contribution < -0.4 is 4.90 Å². The van der Waals surface area contributed by atoms with E-state index in [9.17, 15) is 18.0 Å². The molecule has 0 aliphatic carbocycles. The van der Waals surface area contributed by atoms with Crippen LogP contribution in [0.2, 0.25) is 0 Å². The van der Waals surface area contributed by atoms with Crippen LogP contribution in [0.1, 0.15) is 17.2 Å². The second-order valence-corrected chi connectivity index (χ2v) is 8.15. The van der Waals surface area contributed by atoms with Crippen LogP contribution >= 0.6 is 0 Å². The highest BCUT2D eigenvalue weighted by Gasteiger charge is 2.53. The minimum Gasteiger partial charge on any atom is -0.296 e. The number of amides is 1. The zero-order valence-corrected chi connectivity index (χ0v) is 14.2. The van der Waals surface area contributed by atoms with Crippen molar-refractivity contribution < 1.29 is 18.0 Å². The van der Waals surface area contributed by atoms with Crippen molar-refractivity contribution in [3.05, 3.63) is 65.7 Å². The van der Waals surface area contributed by atoms with Crippen molar-refractivity contribution in [2.75, 3.05) is 11.2 Å². The molecule has 0 bridgehead atoms. The van der Waals surface area contributed by atoms with Gasteiger partial charge in [0.05, 0.1) is 6.04 Å². The first-order chi connectivity index (χ1) is 11.3. The van der Waals surface area contributed by atoms with Crippen molar-refractivity contribution in [3.8, 4) is 0 Å². The fourth-order valence-corrected chi connectivity index (χ4v) is 4.26. The van der Waals surface area contributed by atoms with Gasteiger partial charge in [-0.05, 0) is 24.6 Å². The quantitative estimate of drug-likeness (QED) is 0.800. The highest BCUT2D eigenvalue weighted by molar-refractivity contribution is 7.92. The van der Waals surface area contributed by atoms with Crippen molar-refractivity contribution in [3.63, 3.8) is 0 Å². The first-order valence-corrected chi connectivity index (χ1v) is 9.44. The normalized spacial score (nSPS) is 21.3. The molecule has 1 fully saturated rings. The molecule has 1 saturated heterocycles. The molecule has 1 aliphatic heterocycles. The van der Waals surface area contributed by atoms with E-state index in [1.807, 2.05) is 19.1 Å². The summed E-state index contributed by atoms with van der Waals surface area (Å²) in [7, 11) is -3.75. The molecule has 0 saturated carbocycles. The summed E-state index contributed by atoms with van der Waals surface area (Å²) in [6.45, 7) is 1.91. The summed E-state index contributed by atoms with van der Waals surface area (Å²) in [6, 6.07) is 15.0. The van der Waals surface area contributed by atoms with Gasteiger partial charge in [-0.1, -0.05) is 48.0 Å². The number of Topliss-reactive ketones (excluding diaryl/α,β-unsaturated/α-hetero) is 1. The van der Waals surface area contributed by atoms with Gasteiger partial charge in [0.1, 0.15) is 0 Å². The van der Waals surface area contributed by atoms with E-state index in [4.69, 9.17) is 0 Å². The number of sulfone groups is 1. The SMILES string of the molecule is Cc1ccc([C@H]2[C@@H](S(C)(=O)=O)C(=O)C(=O)N2c2ccccc2)cc1. The highest BCUT2D eigenvalue weighted by atomic mass is 32.2. The van der Waals surface area contributed by atoms with E-state index < -0.39 is 32.8 Å². The summed E-state index contributed by atoms with van der Waals surface area (Å²) < 4.78 is 24.4. The fourth-order valence-electron chi connectivity index (χ4n) is 3.03. The molecule has 2 aromatic rings. The van der Waals surface area contributed by atoms with Crippen LogP contribution in [0.4, 0.5) is 5.69 Å². The molecule has 6 heteroatoms. The Balaban J connectivity index is 2.21. The zero-order valence-electron chi connectivity index (χ0n) is 13.3. The number of benzene rings is 2. The first kappa shape index (κ1) is 16.4. The van der Waals surface area contributed by atoms with Gasteiger partial charge < -0.3 is 0 Å². The molecule has 124 valence electrons. The monoisotopic (exact) mass is 343 g/mol. The molecule has 24 heavy (non-hydrogen) atoms. The van der Waals surface area contributed by atoms with E-state index in [0.717, 1.165) is 11.8 Å². The van der Waals surface area contributed by atoms with Gasteiger partial charge in [-0.3, -0.25) is 14.5 Å². The van der Waals surface area contributed by atoms with Crippen LogP contribution in [0.3, 0.4) is 0 Å². The smallest absolute Gasteiger partial charge is 0.296 e. The lowest BCUT2D eigenvalue weighted by molar-refractivity contribution is -0.133. The second-order valence-electron chi connectivity index (χ2n) is 5.98. The molecule has 1 aliphatic rings. The van der Waals surface area contributed by atoms with Gasteiger partial charge >= 0.3 is 0 Å². The van der Waals surface area contributed by atoms with E-state index in [2.05, 4.69) is 0 Å². The van der Waals surface area contributed by atoms with Crippen LogP contribution in [-0.2, 0) is 19.4 Å². The van der Waals surface area contributed by atoms with Crippen molar-refractivity contribution in [1.29, 1.82) is 0 Å². The van der Waals surface area contributed by atoms with Gasteiger partial charge in [-0.25, -0.2) is 8.42 Å². The number of nitrogens with zero attached hydrogens (tertiary/aromatic N) is 1. The molecule has 0 radical (unpaired) electrons. The lowest BCUT2D eigenvalue weighted by atomic mass is 10.0. The first-order valence-electron chi connectivity index (χ1n) is 7.48. The molecule has 0 spiro atoms. The van der Waals surface area contributed by atoms with Crippen LogP contribution in [0.15, 0.2) is 54.6 Å². The van der Waals surface area contributed by atoms with Gasteiger partial charge in [0.15, 0.2) is 15.1 Å². The molecule has 0 unspecified atom stereocenters. The maximum absolute atomic E-state index is 12.5. The average Bonchev–Trinajstić information content (AvgIpc) is 2.81. The molecule has 0 N–H and O–H groups in total. The Morgan fingerprint density at radius 3 is 2.04 bits per heavy atom. The predicted octanol–water partition coefficient (Wildman–Crippen LogP) is 2.07. The van der Waals surface area contributed by atoms with Gasteiger partial charge in [-0.15, -0.1) is 0 Å². The Bertz CT molecular complexity index is 888. The number of hydrogen-bond donors (Lipinski definition) is 0. The molecular weight excluding hydrogens is 326 g/mol. The molecule has 1 amide bonds. The Hall–Kier alpha value is -2.47. The molecule has 2 aromatic carbocycles. The van der Waals surface area contributed by atoms with E-state index >= 15 is 0 Å². The van der Waals surface area contributed by atoms with E-state index in [-0.39, 0.29) is 0 Å². The largest absolute Gasteiger partial charge is 0.296 e. The molecule has 5 nitrogen and oxygen atoms in total.